The molecule has 0 aromatic heterocycles. The first kappa shape index (κ1) is 14.1. The van der Waals surface area contributed by atoms with Crippen molar-refractivity contribution in [2.24, 2.45) is 5.92 Å². The number of hydrogen-bond acceptors (Lipinski definition) is 4. The molecule has 2 rings (SSSR count). The van der Waals surface area contributed by atoms with Crippen molar-refractivity contribution < 1.29 is 9.53 Å². The maximum atomic E-state index is 11.7. The molecule has 4 nitrogen and oxygen atoms in total. The minimum Gasteiger partial charge on any atom is -0.465 e. The normalized spacial score (nSPS) is 14.0. The Bertz CT molecular complexity index is 631. The molecule has 0 aliphatic heterocycles. The number of methoxy groups -OCH3 is 1. The van der Waals surface area contributed by atoms with Crippen LogP contribution in [0.4, 0.5) is 0 Å². The van der Waals surface area contributed by atoms with Gasteiger partial charge in [0.2, 0.25) is 0 Å². The number of ether oxygens (including phenoxy) is 1. The molecule has 0 unspecified atom stereocenters. The number of benzene rings is 1. The molecule has 0 spiro atoms. The van der Waals surface area contributed by atoms with Gasteiger partial charge in [0.15, 0.2) is 0 Å². The number of rotatable bonds is 3. The summed E-state index contributed by atoms with van der Waals surface area (Å²) in [6.45, 7) is 1.73. The molecule has 0 heterocycles. The third-order valence-electron chi connectivity index (χ3n) is 4.05. The molecule has 1 aliphatic rings. The standard InChI is InChI=1S/C16H16N2O2/c1-10-13(16(19)20-2)7-12(8-17)14(15(10)9-18)6-11-4-3-5-11/h7,11H,3-6H2,1-2H3. The lowest BCUT2D eigenvalue weighted by molar-refractivity contribution is 0.0600. The van der Waals surface area contributed by atoms with E-state index in [2.05, 4.69) is 12.1 Å². The van der Waals surface area contributed by atoms with E-state index >= 15 is 0 Å². The second-order valence-corrected chi connectivity index (χ2v) is 5.17. The van der Waals surface area contributed by atoms with E-state index in [1.807, 2.05) is 0 Å². The van der Waals surface area contributed by atoms with Gasteiger partial charge in [-0.15, -0.1) is 0 Å². The molecule has 1 fully saturated rings. The van der Waals surface area contributed by atoms with Gasteiger partial charge < -0.3 is 4.74 Å². The zero-order valence-corrected chi connectivity index (χ0v) is 11.7. The van der Waals surface area contributed by atoms with E-state index in [1.54, 1.807) is 13.0 Å². The Hall–Kier alpha value is -2.33. The lowest BCUT2D eigenvalue weighted by atomic mass is 9.78. The maximum Gasteiger partial charge on any atom is 0.338 e. The predicted molar refractivity (Wildman–Crippen MR) is 73.0 cm³/mol. The predicted octanol–water partition coefficient (Wildman–Crippen LogP) is 2.87. The molecule has 0 saturated heterocycles. The molecule has 1 aromatic rings. The number of carbonyl (C=O) groups excluding carboxylic acids is 1. The number of esters is 1. The van der Waals surface area contributed by atoms with E-state index in [1.165, 1.54) is 13.5 Å². The molecule has 0 amide bonds. The van der Waals surface area contributed by atoms with Crippen LogP contribution in [-0.4, -0.2) is 13.1 Å². The molecule has 0 atom stereocenters. The first-order valence-electron chi connectivity index (χ1n) is 6.67. The molecule has 1 saturated carbocycles. The molecule has 1 aromatic carbocycles. The summed E-state index contributed by atoms with van der Waals surface area (Å²) in [5.74, 6) is 0.0447. The van der Waals surface area contributed by atoms with Crippen molar-refractivity contribution >= 4 is 5.97 Å². The van der Waals surface area contributed by atoms with Crippen LogP contribution in [0.2, 0.25) is 0 Å². The van der Waals surface area contributed by atoms with Gasteiger partial charge in [0.25, 0.3) is 0 Å². The van der Waals surface area contributed by atoms with Crippen LogP contribution in [-0.2, 0) is 11.2 Å². The van der Waals surface area contributed by atoms with Crippen molar-refractivity contribution in [3.05, 3.63) is 33.9 Å². The van der Waals surface area contributed by atoms with Gasteiger partial charge in [0.05, 0.1) is 35.9 Å². The van der Waals surface area contributed by atoms with Gasteiger partial charge in [0, 0.05) is 0 Å². The highest BCUT2D eigenvalue weighted by Crippen LogP contribution is 2.33. The van der Waals surface area contributed by atoms with E-state index in [-0.39, 0.29) is 0 Å². The van der Waals surface area contributed by atoms with Crippen LogP contribution in [0.3, 0.4) is 0 Å². The van der Waals surface area contributed by atoms with E-state index in [0.717, 1.165) is 24.8 Å². The SMILES string of the molecule is COC(=O)c1cc(C#N)c(CC2CCC2)c(C#N)c1C. The Kier molecular flexibility index (Phi) is 4.05. The van der Waals surface area contributed by atoms with Gasteiger partial charge in [-0.2, -0.15) is 10.5 Å². The third-order valence-corrected chi connectivity index (χ3v) is 4.05. The lowest BCUT2D eigenvalue weighted by Crippen LogP contribution is -2.17. The van der Waals surface area contributed by atoms with Crippen molar-refractivity contribution in [3.8, 4) is 12.1 Å². The van der Waals surface area contributed by atoms with Gasteiger partial charge in [-0.05, 0) is 36.5 Å². The number of nitriles is 2. The first-order chi connectivity index (χ1) is 9.62. The Morgan fingerprint density at radius 2 is 2.10 bits per heavy atom. The fourth-order valence-electron chi connectivity index (χ4n) is 2.61. The van der Waals surface area contributed by atoms with Crippen LogP contribution in [0.5, 0.6) is 0 Å². The fraction of sp³-hybridized carbons (Fsp3) is 0.438. The average Bonchev–Trinajstić information content (AvgIpc) is 2.42. The van der Waals surface area contributed by atoms with Crippen LogP contribution in [0.1, 0.15) is 51.9 Å². The van der Waals surface area contributed by atoms with E-state index in [4.69, 9.17) is 4.74 Å². The molecular formula is C16H16N2O2. The summed E-state index contributed by atoms with van der Waals surface area (Å²) >= 11 is 0. The zero-order chi connectivity index (χ0) is 14.7. The summed E-state index contributed by atoms with van der Waals surface area (Å²) in [5.41, 5.74) is 2.56. The number of carbonyl (C=O) groups is 1. The Labute approximate surface area is 118 Å². The first-order valence-corrected chi connectivity index (χ1v) is 6.67. The highest BCUT2D eigenvalue weighted by Gasteiger charge is 2.24. The summed E-state index contributed by atoms with van der Waals surface area (Å²) in [7, 11) is 1.29. The molecule has 0 radical (unpaired) electrons. The van der Waals surface area contributed by atoms with Crippen molar-refractivity contribution in [2.45, 2.75) is 32.6 Å². The van der Waals surface area contributed by atoms with Crippen molar-refractivity contribution in [3.63, 3.8) is 0 Å². The Balaban J connectivity index is 2.56. The van der Waals surface area contributed by atoms with Crippen molar-refractivity contribution in [1.82, 2.24) is 0 Å². The van der Waals surface area contributed by atoms with E-state index < -0.39 is 5.97 Å². The monoisotopic (exact) mass is 268 g/mol. The maximum absolute atomic E-state index is 11.7. The molecular weight excluding hydrogens is 252 g/mol. The van der Waals surface area contributed by atoms with Crippen LogP contribution < -0.4 is 0 Å². The average molecular weight is 268 g/mol. The van der Waals surface area contributed by atoms with Crippen LogP contribution in [0, 0.1) is 35.5 Å². The summed E-state index contributed by atoms with van der Waals surface area (Å²) in [5, 5.41) is 18.7. The highest BCUT2D eigenvalue weighted by atomic mass is 16.5. The second kappa shape index (κ2) is 5.75. The smallest absolute Gasteiger partial charge is 0.338 e. The molecule has 20 heavy (non-hydrogen) atoms. The highest BCUT2D eigenvalue weighted by molar-refractivity contribution is 5.92. The Morgan fingerprint density at radius 1 is 1.40 bits per heavy atom. The van der Waals surface area contributed by atoms with Gasteiger partial charge in [-0.3, -0.25) is 0 Å². The molecule has 102 valence electrons. The summed E-state index contributed by atoms with van der Waals surface area (Å²) in [4.78, 5) is 11.7. The van der Waals surface area contributed by atoms with E-state index in [0.29, 0.717) is 28.2 Å². The summed E-state index contributed by atoms with van der Waals surface area (Å²) in [6.07, 6.45) is 4.25. The quantitative estimate of drug-likeness (QED) is 0.790. The molecule has 4 heteroatoms. The van der Waals surface area contributed by atoms with Crippen molar-refractivity contribution in [2.75, 3.05) is 7.11 Å². The van der Waals surface area contributed by atoms with Gasteiger partial charge >= 0.3 is 5.97 Å². The zero-order valence-electron chi connectivity index (χ0n) is 11.7. The number of hydrogen-bond donors (Lipinski definition) is 0. The Morgan fingerprint density at radius 3 is 2.55 bits per heavy atom. The molecule has 1 aliphatic carbocycles. The minimum atomic E-state index is -0.509. The van der Waals surface area contributed by atoms with Crippen LogP contribution in [0.15, 0.2) is 6.07 Å². The third kappa shape index (κ3) is 2.38. The fourth-order valence-corrected chi connectivity index (χ4v) is 2.61. The minimum absolute atomic E-state index is 0.304. The molecule has 0 N–H and O–H groups in total. The van der Waals surface area contributed by atoms with Gasteiger partial charge in [-0.25, -0.2) is 4.79 Å². The topological polar surface area (TPSA) is 73.9 Å². The summed E-state index contributed by atoms with van der Waals surface area (Å²) in [6, 6.07) is 5.82. The van der Waals surface area contributed by atoms with Crippen LogP contribution >= 0.6 is 0 Å². The second-order valence-electron chi connectivity index (χ2n) is 5.17. The summed E-state index contributed by atoms with van der Waals surface area (Å²) < 4.78 is 4.71. The van der Waals surface area contributed by atoms with E-state index in [9.17, 15) is 15.3 Å². The van der Waals surface area contributed by atoms with Gasteiger partial charge in [-0.1, -0.05) is 19.3 Å². The van der Waals surface area contributed by atoms with Crippen molar-refractivity contribution in [1.29, 1.82) is 10.5 Å². The lowest BCUT2D eigenvalue weighted by Gasteiger charge is -2.26. The number of nitrogens with zero attached hydrogens (tertiary/aromatic N) is 2. The van der Waals surface area contributed by atoms with Crippen LogP contribution in [0.25, 0.3) is 0 Å². The van der Waals surface area contributed by atoms with Gasteiger partial charge in [0.1, 0.15) is 0 Å². The molecule has 0 bridgehead atoms. The largest absolute Gasteiger partial charge is 0.465 e.